The van der Waals surface area contributed by atoms with Crippen molar-refractivity contribution >= 4 is 29.1 Å². The van der Waals surface area contributed by atoms with Crippen molar-refractivity contribution in [3.05, 3.63) is 70.3 Å². The summed E-state index contributed by atoms with van der Waals surface area (Å²) in [6.07, 6.45) is 0. The summed E-state index contributed by atoms with van der Waals surface area (Å²) in [6, 6.07) is 12.0. The molecule has 1 fully saturated rings. The first-order valence-corrected chi connectivity index (χ1v) is 9.00. The van der Waals surface area contributed by atoms with Crippen LogP contribution in [0.3, 0.4) is 0 Å². The molecule has 5 nitrogen and oxygen atoms in total. The van der Waals surface area contributed by atoms with Crippen LogP contribution < -0.4 is 0 Å². The van der Waals surface area contributed by atoms with Gasteiger partial charge in [-0.2, -0.15) is 0 Å². The predicted molar refractivity (Wildman–Crippen MR) is 103 cm³/mol. The number of Topliss-reactive ketones (excluding diaryl/α,β-unsaturated/α-hetero) is 1. The first-order valence-electron chi connectivity index (χ1n) is 8.63. The van der Waals surface area contributed by atoms with Crippen LogP contribution in [0.1, 0.15) is 31.0 Å². The predicted octanol–water partition coefficient (Wildman–Crippen LogP) is 4.12. The topological polar surface area (TPSA) is 77.8 Å². The lowest BCUT2D eigenvalue weighted by atomic mass is 9.95. The average molecular weight is 386 g/mol. The number of halogens is 1. The maximum absolute atomic E-state index is 12.7. The van der Waals surface area contributed by atoms with E-state index in [1.165, 1.54) is 17.0 Å². The first-order chi connectivity index (χ1) is 12.8. The average Bonchev–Trinajstić information content (AvgIpc) is 2.87. The molecule has 1 saturated heterocycles. The number of likely N-dealkylation sites (tertiary alicyclic amines) is 1. The Labute approximate surface area is 162 Å². The van der Waals surface area contributed by atoms with Gasteiger partial charge in [-0.15, -0.1) is 0 Å². The fraction of sp³-hybridized carbons (Fsp3) is 0.238. The van der Waals surface area contributed by atoms with Gasteiger partial charge in [-0.3, -0.25) is 9.59 Å². The monoisotopic (exact) mass is 385 g/mol. The molecule has 1 unspecified atom stereocenters. The lowest BCUT2D eigenvalue weighted by molar-refractivity contribution is -0.140. The number of aliphatic hydroxyl groups excluding tert-OH is 1. The number of hydrogen-bond donors (Lipinski definition) is 2. The molecule has 1 heterocycles. The van der Waals surface area contributed by atoms with Gasteiger partial charge in [0.05, 0.1) is 11.6 Å². The molecule has 0 aliphatic carbocycles. The molecule has 2 N–H and O–H groups in total. The standard InChI is InChI=1S/C21H20ClNO4/c1-12(2)11-23-18(13-5-9-16(24)10-6-13)17(20(26)21(23)27)19(25)14-3-7-15(22)8-4-14/h3-10,12,18,24-25H,11H2,1-2H3/b19-17+. The van der Waals surface area contributed by atoms with Crippen LogP contribution in [0.15, 0.2) is 54.1 Å². The van der Waals surface area contributed by atoms with Gasteiger partial charge >= 0.3 is 0 Å². The van der Waals surface area contributed by atoms with Crippen molar-refractivity contribution < 1.29 is 19.8 Å². The second-order valence-corrected chi connectivity index (χ2v) is 7.38. The maximum atomic E-state index is 12.7. The summed E-state index contributed by atoms with van der Waals surface area (Å²) in [5.41, 5.74) is 1.09. The summed E-state index contributed by atoms with van der Waals surface area (Å²) in [7, 11) is 0. The van der Waals surface area contributed by atoms with Crippen LogP contribution in [0.2, 0.25) is 5.02 Å². The normalized spacial score (nSPS) is 19.1. The molecule has 27 heavy (non-hydrogen) atoms. The van der Waals surface area contributed by atoms with E-state index >= 15 is 0 Å². The summed E-state index contributed by atoms with van der Waals surface area (Å²) in [6.45, 7) is 4.27. The molecule has 0 spiro atoms. The number of amides is 1. The molecule has 0 aromatic heterocycles. The third-order valence-corrected chi connectivity index (χ3v) is 4.68. The summed E-state index contributed by atoms with van der Waals surface area (Å²) in [4.78, 5) is 26.9. The minimum Gasteiger partial charge on any atom is -0.508 e. The van der Waals surface area contributed by atoms with Crippen molar-refractivity contribution in [2.45, 2.75) is 19.9 Å². The fourth-order valence-corrected chi connectivity index (χ4v) is 3.35. The van der Waals surface area contributed by atoms with Crippen LogP contribution in [0.25, 0.3) is 5.76 Å². The summed E-state index contributed by atoms with van der Waals surface area (Å²) in [5, 5.41) is 20.9. The largest absolute Gasteiger partial charge is 0.508 e. The van der Waals surface area contributed by atoms with E-state index in [-0.39, 0.29) is 23.0 Å². The van der Waals surface area contributed by atoms with Crippen LogP contribution in [0.4, 0.5) is 0 Å². The fourth-order valence-electron chi connectivity index (χ4n) is 3.23. The van der Waals surface area contributed by atoms with Gasteiger partial charge < -0.3 is 15.1 Å². The SMILES string of the molecule is CC(C)CN1C(=O)C(=O)/C(=C(/O)c2ccc(Cl)cc2)C1c1ccc(O)cc1. The van der Waals surface area contributed by atoms with Gasteiger partial charge in [-0.25, -0.2) is 0 Å². The molecule has 3 rings (SSSR count). The number of phenols is 1. The molecule has 2 aromatic rings. The highest BCUT2D eigenvalue weighted by Gasteiger charge is 2.46. The van der Waals surface area contributed by atoms with Gasteiger partial charge in [0, 0.05) is 17.1 Å². The Morgan fingerprint density at radius 3 is 2.22 bits per heavy atom. The molecule has 1 atom stereocenters. The summed E-state index contributed by atoms with van der Waals surface area (Å²) in [5.74, 6) is -1.39. The number of rotatable bonds is 4. The molecule has 1 aliphatic heterocycles. The number of carbonyl (C=O) groups is 2. The molecule has 1 aliphatic rings. The van der Waals surface area contributed by atoms with Crippen LogP contribution in [0, 0.1) is 5.92 Å². The summed E-state index contributed by atoms with van der Waals surface area (Å²) < 4.78 is 0. The number of ketones is 1. The molecular formula is C21H20ClNO4. The van der Waals surface area contributed by atoms with Crippen molar-refractivity contribution in [3.8, 4) is 5.75 Å². The number of benzene rings is 2. The van der Waals surface area contributed by atoms with Gasteiger partial charge in [0.2, 0.25) is 0 Å². The zero-order valence-corrected chi connectivity index (χ0v) is 15.8. The molecule has 0 saturated carbocycles. The van der Waals surface area contributed by atoms with Crippen molar-refractivity contribution in [3.63, 3.8) is 0 Å². The van der Waals surface area contributed by atoms with Gasteiger partial charge in [-0.1, -0.05) is 37.6 Å². The number of aliphatic hydroxyl groups is 1. The highest BCUT2D eigenvalue weighted by atomic mass is 35.5. The van der Waals surface area contributed by atoms with Crippen molar-refractivity contribution in [1.29, 1.82) is 0 Å². The van der Waals surface area contributed by atoms with E-state index < -0.39 is 17.7 Å². The lowest BCUT2D eigenvalue weighted by Crippen LogP contribution is -2.33. The Bertz CT molecular complexity index is 901. The van der Waals surface area contributed by atoms with E-state index in [4.69, 9.17) is 11.6 Å². The van der Waals surface area contributed by atoms with E-state index in [1.54, 1.807) is 36.4 Å². The molecule has 6 heteroatoms. The molecule has 140 valence electrons. The highest BCUT2D eigenvalue weighted by Crippen LogP contribution is 2.40. The third-order valence-electron chi connectivity index (χ3n) is 4.43. The minimum atomic E-state index is -0.721. The van der Waals surface area contributed by atoms with Crippen LogP contribution in [-0.4, -0.2) is 33.3 Å². The highest BCUT2D eigenvalue weighted by molar-refractivity contribution is 6.46. The Hall–Kier alpha value is -2.79. The number of phenolic OH excluding ortho intramolecular Hbond substituents is 1. The zero-order valence-electron chi connectivity index (χ0n) is 15.0. The minimum absolute atomic E-state index is 0.0358. The third kappa shape index (κ3) is 3.69. The number of nitrogens with zero attached hydrogens (tertiary/aromatic N) is 1. The van der Waals surface area contributed by atoms with Gasteiger partial charge in [0.1, 0.15) is 11.5 Å². The van der Waals surface area contributed by atoms with Gasteiger partial charge in [-0.05, 0) is 47.9 Å². The number of hydrogen-bond acceptors (Lipinski definition) is 4. The molecule has 1 amide bonds. The van der Waals surface area contributed by atoms with E-state index in [1.807, 2.05) is 13.8 Å². The van der Waals surface area contributed by atoms with Crippen LogP contribution in [-0.2, 0) is 9.59 Å². The Morgan fingerprint density at radius 2 is 1.67 bits per heavy atom. The first kappa shape index (κ1) is 19.0. The number of carbonyl (C=O) groups excluding carboxylic acids is 2. The molecular weight excluding hydrogens is 366 g/mol. The maximum Gasteiger partial charge on any atom is 0.295 e. The Balaban J connectivity index is 2.17. The van der Waals surface area contributed by atoms with Crippen molar-refractivity contribution in [2.75, 3.05) is 6.54 Å². The smallest absolute Gasteiger partial charge is 0.295 e. The number of aromatic hydroxyl groups is 1. The summed E-state index contributed by atoms with van der Waals surface area (Å²) >= 11 is 5.90. The second-order valence-electron chi connectivity index (χ2n) is 6.94. The Morgan fingerprint density at radius 1 is 1.07 bits per heavy atom. The van der Waals surface area contributed by atoms with Crippen molar-refractivity contribution in [2.24, 2.45) is 5.92 Å². The quantitative estimate of drug-likeness (QED) is 0.471. The van der Waals surface area contributed by atoms with Crippen LogP contribution in [0.5, 0.6) is 5.75 Å². The van der Waals surface area contributed by atoms with Crippen molar-refractivity contribution in [1.82, 2.24) is 4.90 Å². The lowest BCUT2D eigenvalue weighted by Gasteiger charge is -2.26. The molecule has 0 bridgehead atoms. The van der Waals surface area contributed by atoms with E-state index in [0.29, 0.717) is 22.7 Å². The van der Waals surface area contributed by atoms with E-state index in [2.05, 4.69) is 0 Å². The van der Waals surface area contributed by atoms with Gasteiger partial charge in [0.15, 0.2) is 0 Å². The zero-order chi connectivity index (χ0) is 19.7. The Kier molecular flexibility index (Phi) is 5.24. The van der Waals surface area contributed by atoms with Crippen LogP contribution >= 0.6 is 11.6 Å². The van der Waals surface area contributed by atoms with Gasteiger partial charge in [0.25, 0.3) is 11.7 Å². The van der Waals surface area contributed by atoms with E-state index in [9.17, 15) is 19.8 Å². The molecule has 2 aromatic carbocycles. The molecule has 0 radical (unpaired) electrons. The van der Waals surface area contributed by atoms with E-state index in [0.717, 1.165) is 0 Å². The second kappa shape index (κ2) is 7.45.